The Kier molecular flexibility index (Phi) is 5.15. The smallest absolute Gasteiger partial charge is 0.270 e. The highest BCUT2D eigenvalue weighted by molar-refractivity contribution is 7.89. The Morgan fingerprint density at radius 1 is 1.45 bits per heavy atom. The molecule has 7 nitrogen and oxygen atoms in total. The van der Waals surface area contributed by atoms with Gasteiger partial charge in [-0.1, -0.05) is 13.8 Å². The molecule has 1 atom stereocenters. The number of sulfonamides is 1. The molecule has 0 aliphatic rings. The van der Waals surface area contributed by atoms with Crippen molar-refractivity contribution in [1.29, 1.82) is 0 Å². The number of non-ortho nitro benzene ring substituents is 1. The fourth-order valence-electron chi connectivity index (χ4n) is 1.32. The maximum absolute atomic E-state index is 13.5. The minimum Gasteiger partial charge on any atom is -0.391 e. The highest BCUT2D eigenvalue weighted by Gasteiger charge is 2.23. The average molecular weight is 306 g/mol. The van der Waals surface area contributed by atoms with E-state index in [9.17, 15) is 28.0 Å². The first-order chi connectivity index (χ1) is 9.15. The fourth-order valence-corrected chi connectivity index (χ4v) is 2.47. The number of nitrogens with zero attached hydrogens (tertiary/aromatic N) is 1. The lowest BCUT2D eigenvalue weighted by atomic mass is 10.1. The van der Waals surface area contributed by atoms with Crippen molar-refractivity contribution in [1.82, 2.24) is 4.72 Å². The Labute approximate surface area is 115 Å². The maximum atomic E-state index is 13.5. The fraction of sp³-hybridized carbons (Fsp3) is 0.455. The molecule has 1 unspecified atom stereocenters. The zero-order valence-electron chi connectivity index (χ0n) is 10.9. The van der Waals surface area contributed by atoms with Crippen LogP contribution < -0.4 is 4.72 Å². The van der Waals surface area contributed by atoms with E-state index in [0.717, 1.165) is 6.07 Å². The van der Waals surface area contributed by atoms with Crippen LogP contribution in [0.15, 0.2) is 23.1 Å². The first kappa shape index (κ1) is 16.5. The number of hydrogen-bond donors (Lipinski definition) is 2. The summed E-state index contributed by atoms with van der Waals surface area (Å²) in [6.07, 6.45) is -0.938. The van der Waals surface area contributed by atoms with Gasteiger partial charge in [0, 0.05) is 18.7 Å². The summed E-state index contributed by atoms with van der Waals surface area (Å²) >= 11 is 0. The van der Waals surface area contributed by atoms with E-state index >= 15 is 0 Å². The molecule has 0 bridgehead atoms. The Bertz CT molecular complexity index is 603. The molecule has 0 saturated carbocycles. The third-order valence-corrected chi connectivity index (χ3v) is 4.11. The van der Waals surface area contributed by atoms with Gasteiger partial charge in [-0.3, -0.25) is 10.1 Å². The van der Waals surface area contributed by atoms with E-state index < -0.39 is 37.5 Å². The van der Waals surface area contributed by atoms with Gasteiger partial charge in [-0.2, -0.15) is 0 Å². The van der Waals surface area contributed by atoms with Crippen molar-refractivity contribution in [2.45, 2.75) is 24.8 Å². The molecule has 0 aliphatic heterocycles. The van der Waals surface area contributed by atoms with Crippen LogP contribution in [0.3, 0.4) is 0 Å². The monoisotopic (exact) mass is 306 g/mol. The Morgan fingerprint density at radius 3 is 2.55 bits per heavy atom. The Hall–Kier alpha value is -1.58. The van der Waals surface area contributed by atoms with E-state index in [-0.39, 0.29) is 12.5 Å². The standard InChI is InChI=1S/C11H15FN2O5S/c1-7(2)10(15)6-13-20(18,19)11-5-8(14(16)17)3-4-9(11)12/h3-5,7,10,13,15H,6H2,1-2H3. The molecule has 1 aromatic carbocycles. The highest BCUT2D eigenvalue weighted by atomic mass is 32.2. The first-order valence-electron chi connectivity index (χ1n) is 5.77. The molecular formula is C11H15FN2O5S. The van der Waals surface area contributed by atoms with E-state index in [0.29, 0.717) is 12.1 Å². The molecular weight excluding hydrogens is 291 g/mol. The van der Waals surface area contributed by atoms with Crippen LogP contribution in [0.2, 0.25) is 0 Å². The normalized spacial score (nSPS) is 13.4. The predicted octanol–water partition coefficient (Wildman–Crippen LogP) is 1.03. The van der Waals surface area contributed by atoms with Crippen LogP contribution in [0.5, 0.6) is 0 Å². The molecule has 0 spiro atoms. The van der Waals surface area contributed by atoms with Gasteiger partial charge < -0.3 is 5.11 Å². The summed E-state index contributed by atoms with van der Waals surface area (Å²) in [5.74, 6) is -1.28. The zero-order valence-corrected chi connectivity index (χ0v) is 11.7. The lowest BCUT2D eigenvalue weighted by Gasteiger charge is -2.15. The van der Waals surface area contributed by atoms with Crippen molar-refractivity contribution in [3.05, 3.63) is 34.1 Å². The number of aliphatic hydroxyl groups is 1. The lowest BCUT2D eigenvalue weighted by molar-refractivity contribution is -0.385. The second kappa shape index (κ2) is 6.25. The van der Waals surface area contributed by atoms with Gasteiger partial charge in [-0.25, -0.2) is 17.5 Å². The quantitative estimate of drug-likeness (QED) is 0.602. The van der Waals surface area contributed by atoms with Gasteiger partial charge >= 0.3 is 0 Å². The van der Waals surface area contributed by atoms with Gasteiger partial charge in [-0.05, 0) is 12.0 Å². The van der Waals surface area contributed by atoms with Gasteiger partial charge in [0.15, 0.2) is 0 Å². The average Bonchev–Trinajstić information content (AvgIpc) is 2.35. The Morgan fingerprint density at radius 2 is 2.05 bits per heavy atom. The van der Waals surface area contributed by atoms with E-state index in [2.05, 4.69) is 0 Å². The Balaban J connectivity index is 3.03. The summed E-state index contributed by atoms with van der Waals surface area (Å²) in [5.41, 5.74) is -0.531. The van der Waals surface area contributed by atoms with E-state index in [1.54, 1.807) is 13.8 Å². The maximum Gasteiger partial charge on any atom is 0.270 e. The molecule has 0 saturated heterocycles. The number of nitrogens with one attached hydrogen (secondary N) is 1. The summed E-state index contributed by atoms with van der Waals surface area (Å²) in [7, 11) is -4.26. The van der Waals surface area contributed by atoms with Crippen molar-refractivity contribution in [2.24, 2.45) is 5.92 Å². The topological polar surface area (TPSA) is 110 Å². The number of rotatable bonds is 6. The number of nitro groups is 1. The van der Waals surface area contributed by atoms with E-state index in [4.69, 9.17) is 0 Å². The van der Waals surface area contributed by atoms with Crippen LogP contribution in [0.25, 0.3) is 0 Å². The number of benzene rings is 1. The molecule has 1 rings (SSSR count). The van der Waals surface area contributed by atoms with Crippen molar-refractivity contribution in [3.8, 4) is 0 Å². The third kappa shape index (κ3) is 3.95. The molecule has 112 valence electrons. The first-order valence-corrected chi connectivity index (χ1v) is 7.25. The predicted molar refractivity (Wildman–Crippen MR) is 69.1 cm³/mol. The molecule has 0 heterocycles. The number of hydrogen-bond acceptors (Lipinski definition) is 5. The minimum absolute atomic E-state index is 0.187. The zero-order chi connectivity index (χ0) is 15.5. The van der Waals surface area contributed by atoms with Crippen LogP contribution in [-0.4, -0.2) is 31.1 Å². The van der Waals surface area contributed by atoms with Gasteiger partial charge in [0.25, 0.3) is 5.69 Å². The molecule has 9 heteroatoms. The molecule has 1 aromatic rings. The molecule has 0 radical (unpaired) electrons. The molecule has 2 N–H and O–H groups in total. The molecule has 20 heavy (non-hydrogen) atoms. The van der Waals surface area contributed by atoms with E-state index in [1.807, 2.05) is 4.72 Å². The summed E-state index contributed by atoms with van der Waals surface area (Å²) in [5, 5.41) is 20.1. The second-order valence-electron chi connectivity index (χ2n) is 4.54. The number of nitro benzene ring substituents is 1. The summed E-state index contributed by atoms with van der Waals surface area (Å²) < 4.78 is 39.3. The summed E-state index contributed by atoms with van der Waals surface area (Å²) in [6, 6.07) is 2.22. The second-order valence-corrected chi connectivity index (χ2v) is 6.27. The summed E-state index contributed by atoms with van der Waals surface area (Å²) in [4.78, 5) is 8.94. The van der Waals surface area contributed by atoms with Crippen LogP contribution >= 0.6 is 0 Å². The van der Waals surface area contributed by atoms with Gasteiger partial charge in [-0.15, -0.1) is 0 Å². The lowest BCUT2D eigenvalue weighted by Crippen LogP contribution is -2.35. The van der Waals surface area contributed by atoms with Crippen LogP contribution in [0.4, 0.5) is 10.1 Å². The van der Waals surface area contributed by atoms with E-state index in [1.165, 1.54) is 0 Å². The van der Waals surface area contributed by atoms with Crippen LogP contribution in [-0.2, 0) is 10.0 Å². The minimum atomic E-state index is -4.26. The summed E-state index contributed by atoms with van der Waals surface area (Å²) in [6.45, 7) is 3.07. The van der Waals surface area contributed by atoms with Crippen molar-refractivity contribution in [2.75, 3.05) is 6.54 Å². The molecule has 0 amide bonds. The largest absolute Gasteiger partial charge is 0.391 e. The van der Waals surface area contributed by atoms with Crippen LogP contribution in [0.1, 0.15) is 13.8 Å². The van der Waals surface area contributed by atoms with Gasteiger partial charge in [0.2, 0.25) is 10.0 Å². The van der Waals surface area contributed by atoms with Crippen LogP contribution in [0, 0.1) is 21.8 Å². The number of halogens is 1. The van der Waals surface area contributed by atoms with Crippen molar-refractivity contribution < 1.29 is 22.8 Å². The highest BCUT2D eigenvalue weighted by Crippen LogP contribution is 2.21. The molecule has 0 aromatic heterocycles. The van der Waals surface area contributed by atoms with Gasteiger partial charge in [0.05, 0.1) is 11.0 Å². The molecule has 0 aliphatic carbocycles. The van der Waals surface area contributed by atoms with Gasteiger partial charge in [0.1, 0.15) is 10.7 Å². The SMILES string of the molecule is CC(C)C(O)CNS(=O)(=O)c1cc([N+](=O)[O-])ccc1F. The van der Waals surface area contributed by atoms with Crippen molar-refractivity contribution in [3.63, 3.8) is 0 Å². The third-order valence-electron chi connectivity index (χ3n) is 2.67. The van der Waals surface area contributed by atoms with Crippen molar-refractivity contribution >= 4 is 15.7 Å². The number of aliphatic hydroxyl groups excluding tert-OH is 1. The molecule has 0 fully saturated rings.